The molecular weight excluding hydrogens is 452 g/mol. The van der Waals surface area contributed by atoms with E-state index in [9.17, 15) is 19.6 Å². The van der Waals surface area contributed by atoms with E-state index in [4.69, 9.17) is 4.74 Å². The molecule has 5 aliphatic carbocycles. The van der Waals surface area contributed by atoms with Gasteiger partial charge in [0, 0.05) is 24.4 Å². The first-order valence-corrected chi connectivity index (χ1v) is 13.7. The van der Waals surface area contributed by atoms with E-state index in [-0.39, 0.29) is 51.9 Å². The van der Waals surface area contributed by atoms with Gasteiger partial charge in [-0.05, 0) is 97.7 Å². The topological polar surface area (TPSA) is 87.5 Å². The van der Waals surface area contributed by atoms with Gasteiger partial charge in [0.05, 0.1) is 12.5 Å². The first-order valence-electron chi connectivity index (χ1n) is 13.7. The molecule has 0 aromatic rings. The van der Waals surface area contributed by atoms with Gasteiger partial charge in [0.15, 0.2) is 5.78 Å². The van der Waals surface area contributed by atoms with Crippen LogP contribution in [0.1, 0.15) is 78.6 Å². The summed E-state index contributed by atoms with van der Waals surface area (Å²) >= 11 is 0. The zero-order valence-corrected chi connectivity index (χ0v) is 22.3. The zero-order chi connectivity index (χ0) is 25.9. The van der Waals surface area contributed by atoms with Crippen LogP contribution in [0.4, 0.5) is 0 Å². The SMILES string of the molecule is COC(=O)[C@]12CCC3(CC3)C[C@H]1[C@H]1C(=O)C=C3[C@@]4(C)C=C(C#N)C(=O)N(C)[C@@H]4CC[C@@]3(C)[C@]1(C)CC2. The lowest BCUT2D eigenvalue weighted by molar-refractivity contribution is -0.188. The highest BCUT2D eigenvalue weighted by Gasteiger charge is 2.71. The Balaban J connectivity index is 1.51. The molecule has 6 aliphatic rings. The summed E-state index contributed by atoms with van der Waals surface area (Å²) in [6.45, 7) is 6.73. The number of likely N-dealkylation sites (N-methyl/N-ethyl adjacent to an activating group) is 1. The molecule has 1 spiro atoms. The van der Waals surface area contributed by atoms with Gasteiger partial charge < -0.3 is 9.64 Å². The van der Waals surface area contributed by atoms with E-state index in [1.807, 2.05) is 12.2 Å². The van der Waals surface area contributed by atoms with Crippen LogP contribution < -0.4 is 0 Å². The van der Waals surface area contributed by atoms with E-state index in [1.165, 1.54) is 20.0 Å². The number of ketones is 1. The Bertz CT molecular complexity index is 1190. The van der Waals surface area contributed by atoms with Gasteiger partial charge in [-0.2, -0.15) is 5.26 Å². The lowest BCUT2D eigenvalue weighted by atomic mass is 9.36. The maximum absolute atomic E-state index is 14.3. The highest BCUT2D eigenvalue weighted by atomic mass is 16.5. The Morgan fingerprint density at radius 3 is 2.39 bits per heavy atom. The van der Waals surface area contributed by atoms with Crippen molar-refractivity contribution >= 4 is 17.7 Å². The minimum Gasteiger partial charge on any atom is -0.469 e. The highest BCUT2D eigenvalue weighted by Crippen LogP contribution is 2.74. The Kier molecular flexibility index (Phi) is 4.73. The fraction of sp³-hybridized carbons (Fsp3) is 0.733. The molecule has 6 nitrogen and oxygen atoms in total. The van der Waals surface area contributed by atoms with Crippen molar-refractivity contribution in [3.8, 4) is 6.07 Å². The zero-order valence-electron chi connectivity index (χ0n) is 22.3. The average molecular weight is 491 g/mol. The van der Waals surface area contributed by atoms with E-state index < -0.39 is 10.8 Å². The number of fused-ring (bicyclic) bond motifs is 7. The largest absolute Gasteiger partial charge is 0.469 e. The van der Waals surface area contributed by atoms with Crippen molar-refractivity contribution in [3.63, 3.8) is 0 Å². The Labute approximate surface area is 214 Å². The fourth-order valence-electron chi connectivity index (χ4n) is 9.91. The van der Waals surface area contributed by atoms with E-state index in [0.717, 1.165) is 50.5 Å². The van der Waals surface area contributed by atoms with Crippen LogP contribution in [0, 0.1) is 50.2 Å². The van der Waals surface area contributed by atoms with Crippen LogP contribution in [0.2, 0.25) is 0 Å². The van der Waals surface area contributed by atoms with Crippen LogP contribution in [-0.2, 0) is 19.1 Å². The van der Waals surface area contributed by atoms with Gasteiger partial charge in [-0.3, -0.25) is 14.4 Å². The molecule has 4 fully saturated rings. The molecule has 1 heterocycles. The van der Waals surface area contributed by atoms with Crippen LogP contribution in [0.15, 0.2) is 23.3 Å². The van der Waals surface area contributed by atoms with Gasteiger partial charge in [0.2, 0.25) is 0 Å². The Morgan fingerprint density at radius 2 is 1.75 bits per heavy atom. The normalized spacial score (nSPS) is 46.3. The molecule has 1 aliphatic heterocycles. The minimum absolute atomic E-state index is 0.00780. The Hall–Kier alpha value is -2.42. The molecule has 0 unspecified atom stereocenters. The van der Waals surface area contributed by atoms with Gasteiger partial charge in [0.25, 0.3) is 5.91 Å². The molecule has 192 valence electrons. The third-order valence-electron chi connectivity index (χ3n) is 12.4. The van der Waals surface area contributed by atoms with Crippen molar-refractivity contribution in [3.05, 3.63) is 23.3 Å². The summed E-state index contributed by atoms with van der Waals surface area (Å²) in [6, 6.07) is 2.04. The first kappa shape index (κ1) is 23.9. The number of carbonyl (C=O) groups excluding carboxylic acids is 3. The second-order valence-corrected chi connectivity index (χ2v) is 13.6. The number of allylic oxidation sites excluding steroid dienone is 1. The summed E-state index contributed by atoms with van der Waals surface area (Å²) in [5.74, 6) is -0.419. The van der Waals surface area contributed by atoms with Crippen molar-refractivity contribution in [1.29, 1.82) is 5.26 Å². The number of nitrogens with zero attached hydrogens (tertiary/aromatic N) is 2. The monoisotopic (exact) mass is 490 g/mol. The van der Waals surface area contributed by atoms with E-state index in [1.54, 1.807) is 11.9 Å². The number of rotatable bonds is 1. The van der Waals surface area contributed by atoms with Crippen molar-refractivity contribution < 1.29 is 19.1 Å². The number of esters is 1. The van der Waals surface area contributed by atoms with E-state index >= 15 is 0 Å². The summed E-state index contributed by atoms with van der Waals surface area (Å²) in [5, 5.41) is 9.73. The summed E-state index contributed by atoms with van der Waals surface area (Å²) in [4.78, 5) is 42.2. The predicted octanol–water partition coefficient (Wildman–Crippen LogP) is 4.75. The van der Waals surface area contributed by atoms with E-state index in [2.05, 4.69) is 26.8 Å². The lowest BCUT2D eigenvalue weighted by Crippen LogP contribution is -2.66. The number of hydrogen-bond donors (Lipinski definition) is 0. The van der Waals surface area contributed by atoms with Crippen LogP contribution in [0.3, 0.4) is 0 Å². The van der Waals surface area contributed by atoms with Gasteiger partial charge in [-0.15, -0.1) is 0 Å². The molecule has 0 aromatic carbocycles. The van der Waals surface area contributed by atoms with Gasteiger partial charge >= 0.3 is 5.97 Å². The third kappa shape index (κ3) is 2.65. The lowest BCUT2D eigenvalue weighted by Gasteiger charge is -2.68. The summed E-state index contributed by atoms with van der Waals surface area (Å²) in [6.07, 6.45) is 12.3. The molecule has 6 heteroatoms. The van der Waals surface area contributed by atoms with Crippen LogP contribution >= 0.6 is 0 Å². The molecule has 0 radical (unpaired) electrons. The molecule has 1 amide bonds. The summed E-state index contributed by atoms with van der Waals surface area (Å²) in [7, 11) is 3.28. The summed E-state index contributed by atoms with van der Waals surface area (Å²) in [5.41, 5.74) is -0.125. The number of nitriles is 1. The minimum atomic E-state index is -0.564. The van der Waals surface area contributed by atoms with Gasteiger partial charge in [-0.1, -0.05) is 20.8 Å². The molecule has 0 saturated heterocycles. The first-order chi connectivity index (χ1) is 16.9. The van der Waals surface area contributed by atoms with Gasteiger partial charge in [0.1, 0.15) is 11.6 Å². The molecule has 0 aromatic heterocycles. The number of carbonyl (C=O) groups is 3. The van der Waals surface area contributed by atoms with Crippen molar-refractivity contribution in [2.24, 2.45) is 38.9 Å². The Morgan fingerprint density at radius 1 is 1.08 bits per heavy atom. The maximum Gasteiger partial charge on any atom is 0.312 e. The van der Waals surface area contributed by atoms with Crippen LogP contribution in [0.5, 0.6) is 0 Å². The fourth-order valence-corrected chi connectivity index (χ4v) is 9.91. The highest BCUT2D eigenvalue weighted by molar-refractivity contribution is 6.00. The second kappa shape index (κ2) is 7.11. The quantitative estimate of drug-likeness (QED) is 0.495. The third-order valence-corrected chi connectivity index (χ3v) is 12.4. The second-order valence-electron chi connectivity index (χ2n) is 13.6. The molecule has 4 saturated carbocycles. The summed E-state index contributed by atoms with van der Waals surface area (Å²) < 4.78 is 5.41. The smallest absolute Gasteiger partial charge is 0.312 e. The standard InChI is InChI=1S/C30H38N2O4/c1-26-15-18(17-31)24(34)32(4)22(26)6-7-27(2)21(26)14-20(33)23-19-16-29(9-10-29)11-13-30(19,25(35)36-5)12-8-28(23,27)3/h14-15,19,22-23H,6-13,16H2,1-5H3/t19-,22+,23-,26+,27+,28+,30+/m0/s1. The molecule has 0 N–H and O–H groups in total. The molecule has 6 rings (SSSR count). The molecule has 36 heavy (non-hydrogen) atoms. The number of hydrogen-bond acceptors (Lipinski definition) is 5. The van der Waals surface area contributed by atoms with Crippen molar-refractivity contribution in [2.75, 3.05) is 14.2 Å². The number of methoxy groups -OCH3 is 1. The molecule has 0 bridgehead atoms. The van der Waals surface area contributed by atoms with E-state index in [0.29, 0.717) is 5.41 Å². The predicted molar refractivity (Wildman–Crippen MR) is 133 cm³/mol. The van der Waals surface area contributed by atoms with Gasteiger partial charge in [-0.25, -0.2) is 0 Å². The molecular formula is C30H38N2O4. The van der Waals surface area contributed by atoms with Crippen molar-refractivity contribution in [2.45, 2.75) is 84.6 Å². The van der Waals surface area contributed by atoms with Crippen LogP contribution in [-0.4, -0.2) is 42.8 Å². The molecule has 7 atom stereocenters. The van der Waals surface area contributed by atoms with Crippen LogP contribution in [0.25, 0.3) is 0 Å². The number of ether oxygens (including phenoxy) is 1. The number of amides is 1. The van der Waals surface area contributed by atoms with Crippen molar-refractivity contribution in [1.82, 2.24) is 4.90 Å². The maximum atomic E-state index is 14.3. The average Bonchev–Trinajstić information content (AvgIpc) is 3.61.